The lowest BCUT2D eigenvalue weighted by Crippen LogP contribution is -2.13. The molecule has 2 aromatic heterocycles. The number of anilines is 3. The molecule has 0 atom stereocenters. The molecule has 0 saturated carbocycles. The van der Waals surface area contributed by atoms with E-state index in [0.717, 1.165) is 17.1 Å². The minimum absolute atomic E-state index is 1.12. The Morgan fingerprint density at radius 3 is 1.58 bits per heavy atom. The maximum Gasteiger partial charge on any atom is 0.0546 e. The van der Waals surface area contributed by atoms with Gasteiger partial charge < -0.3 is 4.90 Å². The van der Waals surface area contributed by atoms with Gasteiger partial charge in [-0.25, -0.2) is 0 Å². The van der Waals surface area contributed by atoms with Gasteiger partial charge in [0.1, 0.15) is 0 Å². The Balaban J connectivity index is 1.25. The number of hydrogen-bond donors (Lipinski definition) is 0. The van der Waals surface area contributed by atoms with Gasteiger partial charge in [-0.3, -0.25) is 0 Å². The summed E-state index contributed by atoms with van der Waals surface area (Å²) in [4.78, 5) is 2.52. The summed E-state index contributed by atoms with van der Waals surface area (Å²) in [5.41, 5.74) is 12.9. The number of para-hydroxylation sites is 1. The molecule has 0 aliphatic carbocycles. The van der Waals surface area contributed by atoms with Crippen molar-refractivity contribution in [3.05, 3.63) is 212 Å². The predicted octanol–water partition coefficient (Wildman–Crippen LogP) is 16.6. The molecule has 0 saturated heterocycles. The zero-order valence-electron chi connectivity index (χ0n) is 31.0. The summed E-state index contributed by atoms with van der Waals surface area (Å²) < 4.78 is 5.20. The van der Waals surface area contributed by atoms with Crippen molar-refractivity contribution in [3.8, 4) is 44.5 Å². The van der Waals surface area contributed by atoms with Gasteiger partial charge in [-0.05, 0) is 70.3 Å². The molecule has 57 heavy (non-hydrogen) atoms. The summed E-state index contributed by atoms with van der Waals surface area (Å²) in [5.74, 6) is 0. The molecule has 9 aromatic carbocycles. The quantitative estimate of drug-likeness (QED) is 0.156. The number of rotatable bonds is 7. The van der Waals surface area contributed by atoms with E-state index in [2.05, 4.69) is 217 Å². The van der Waals surface area contributed by atoms with E-state index >= 15 is 0 Å². The molecule has 0 bridgehead atoms. The van der Waals surface area contributed by atoms with E-state index < -0.39 is 0 Å². The molecule has 11 rings (SSSR count). The summed E-state index contributed by atoms with van der Waals surface area (Å²) in [5, 5.41) is 5.16. The van der Waals surface area contributed by atoms with Crippen molar-refractivity contribution >= 4 is 80.1 Å². The average molecular weight is 762 g/mol. The first-order valence-electron chi connectivity index (χ1n) is 19.3. The minimum atomic E-state index is 1.12. The van der Waals surface area contributed by atoms with Crippen LogP contribution in [0.1, 0.15) is 0 Å². The summed E-state index contributed by atoms with van der Waals surface area (Å²) in [6.45, 7) is 0. The van der Waals surface area contributed by atoms with Crippen LogP contribution in [-0.2, 0) is 0 Å². The van der Waals surface area contributed by atoms with E-state index in [0.29, 0.717) is 0 Å². The molecule has 2 heterocycles. The third-order valence-electron chi connectivity index (χ3n) is 11.1. The smallest absolute Gasteiger partial charge is 0.0546 e. The van der Waals surface area contributed by atoms with E-state index in [-0.39, 0.29) is 0 Å². The molecule has 0 aliphatic rings. The monoisotopic (exact) mass is 761 g/mol. The van der Waals surface area contributed by atoms with Gasteiger partial charge in [0.15, 0.2) is 0 Å². The van der Waals surface area contributed by atoms with Crippen LogP contribution in [0.15, 0.2) is 212 Å². The molecule has 0 radical (unpaired) electrons. The van der Waals surface area contributed by atoms with E-state index in [4.69, 9.17) is 0 Å². The predicted molar refractivity (Wildman–Crippen MR) is 249 cm³/mol. The molecule has 0 fully saturated rings. The van der Waals surface area contributed by atoms with E-state index in [1.54, 1.807) is 0 Å². The van der Waals surface area contributed by atoms with E-state index in [9.17, 15) is 0 Å². The van der Waals surface area contributed by atoms with Gasteiger partial charge in [0.2, 0.25) is 0 Å². The van der Waals surface area contributed by atoms with Gasteiger partial charge in [0.25, 0.3) is 0 Å². The van der Waals surface area contributed by atoms with E-state index in [1.165, 1.54) is 84.9 Å². The fourth-order valence-electron chi connectivity index (χ4n) is 8.56. The highest BCUT2D eigenvalue weighted by molar-refractivity contribution is 7.26. The average Bonchev–Trinajstić information content (AvgIpc) is 3.86. The Bertz CT molecular complexity index is 3250. The molecule has 1 nitrogen and oxygen atoms in total. The van der Waals surface area contributed by atoms with Gasteiger partial charge in [-0.1, -0.05) is 170 Å². The normalized spacial score (nSPS) is 11.5. The van der Waals surface area contributed by atoms with Crippen molar-refractivity contribution in [1.82, 2.24) is 0 Å². The maximum atomic E-state index is 2.52. The molecular formula is C54H35NS2. The number of fused-ring (bicyclic) bond motifs is 6. The number of hydrogen-bond acceptors (Lipinski definition) is 3. The Morgan fingerprint density at radius 1 is 0.298 bits per heavy atom. The van der Waals surface area contributed by atoms with Crippen LogP contribution in [0.2, 0.25) is 0 Å². The van der Waals surface area contributed by atoms with Crippen LogP contribution in [0.3, 0.4) is 0 Å². The van der Waals surface area contributed by atoms with Crippen molar-refractivity contribution in [1.29, 1.82) is 0 Å². The molecule has 268 valence electrons. The summed E-state index contributed by atoms with van der Waals surface area (Å²) >= 11 is 3.74. The molecule has 0 aliphatic heterocycles. The van der Waals surface area contributed by atoms with Crippen LogP contribution in [-0.4, -0.2) is 0 Å². The highest BCUT2D eigenvalue weighted by atomic mass is 32.1. The molecule has 11 aromatic rings. The van der Waals surface area contributed by atoms with Gasteiger partial charge in [0, 0.05) is 62.7 Å². The third-order valence-corrected chi connectivity index (χ3v) is 13.5. The Morgan fingerprint density at radius 2 is 0.807 bits per heavy atom. The SMILES string of the molecule is c1ccc(-c2ccccc2-c2c(-c3ccccc3)cccc2N(c2ccc3sc4ccccc4c3c2)c2ccccc2-c2cccc3c2sc2ccccc23)cc1. The highest BCUT2D eigenvalue weighted by Crippen LogP contribution is 2.52. The highest BCUT2D eigenvalue weighted by Gasteiger charge is 2.25. The zero-order valence-corrected chi connectivity index (χ0v) is 32.6. The second-order valence-electron chi connectivity index (χ2n) is 14.4. The summed E-state index contributed by atoms with van der Waals surface area (Å²) in [6, 6.07) is 77.8. The first kappa shape index (κ1) is 33.5. The van der Waals surface area contributed by atoms with Crippen molar-refractivity contribution in [2.24, 2.45) is 0 Å². The van der Waals surface area contributed by atoms with Gasteiger partial charge in [0.05, 0.1) is 11.4 Å². The van der Waals surface area contributed by atoms with Crippen molar-refractivity contribution in [2.45, 2.75) is 0 Å². The van der Waals surface area contributed by atoms with Crippen molar-refractivity contribution in [3.63, 3.8) is 0 Å². The molecule has 0 spiro atoms. The van der Waals surface area contributed by atoms with Crippen molar-refractivity contribution < 1.29 is 0 Å². The molecule has 3 heteroatoms. The van der Waals surface area contributed by atoms with Crippen LogP contribution < -0.4 is 4.90 Å². The maximum absolute atomic E-state index is 2.52. The van der Waals surface area contributed by atoms with Gasteiger partial charge >= 0.3 is 0 Å². The molecule has 0 N–H and O–H groups in total. The summed E-state index contributed by atoms with van der Waals surface area (Å²) in [6.07, 6.45) is 0. The number of benzene rings is 9. The first-order chi connectivity index (χ1) is 28.3. The largest absolute Gasteiger partial charge is 0.309 e. The lowest BCUT2D eigenvalue weighted by molar-refractivity contribution is 1.29. The first-order valence-corrected chi connectivity index (χ1v) is 21.0. The number of nitrogens with zero attached hydrogens (tertiary/aromatic N) is 1. The Hall–Kier alpha value is -6.78. The van der Waals surface area contributed by atoms with Gasteiger partial charge in [-0.15, -0.1) is 22.7 Å². The molecule has 0 amide bonds. The van der Waals surface area contributed by atoms with Crippen LogP contribution in [0.4, 0.5) is 17.1 Å². The molecule has 0 unspecified atom stereocenters. The van der Waals surface area contributed by atoms with E-state index in [1.807, 2.05) is 22.7 Å². The molecular weight excluding hydrogens is 727 g/mol. The van der Waals surface area contributed by atoms with Crippen LogP contribution in [0.5, 0.6) is 0 Å². The standard InChI is InChI=1S/C54H35NS2/c1-3-17-36(18-4-1)39-21-7-8-25-44(39)53-40(37-19-5-2-6-20-37)26-16-30-49(53)55(38-33-34-52-47(35-38)43-24-11-13-31-50(43)56-52)48-29-12-9-22-41(48)45-27-15-28-46-42-23-10-14-32-51(42)57-54(45)46/h1-35H. The fraction of sp³-hybridized carbons (Fsp3) is 0. The minimum Gasteiger partial charge on any atom is -0.309 e. The van der Waals surface area contributed by atoms with Crippen molar-refractivity contribution in [2.75, 3.05) is 4.90 Å². The zero-order chi connectivity index (χ0) is 37.7. The third kappa shape index (κ3) is 5.74. The second kappa shape index (κ2) is 14.1. The van der Waals surface area contributed by atoms with Crippen LogP contribution in [0, 0.1) is 0 Å². The fourth-order valence-corrected chi connectivity index (χ4v) is 10.9. The van der Waals surface area contributed by atoms with Gasteiger partial charge in [-0.2, -0.15) is 0 Å². The van der Waals surface area contributed by atoms with Crippen LogP contribution >= 0.6 is 22.7 Å². The topological polar surface area (TPSA) is 3.24 Å². The lowest BCUT2D eigenvalue weighted by atomic mass is 9.87. The second-order valence-corrected chi connectivity index (χ2v) is 16.5. The number of thiophene rings is 2. The Kier molecular flexibility index (Phi) is 8.28. The Labute approximate surface area is 340 Å². The lowest BCUT2D eigenvalue weighted by Gasteiger charge is -2.31. The summed E-state index contributed by atoms with van der Waals surface area (Å²) in [7, 11) is 0. The van der Waals surface area contributed by atoms with Crippen LogP contribution in [0.25, 0.3) is 84.9 Å².